The van der Waals surface area contributed by atoms with Crippen LogP contribution in [0.5, 0.6) is 5.75 Å². The van der Waals surface area contributed by atoms with Crippen molar-refractivity contribution in [2.45, 2.75) is 78.5 Å². The molecule has 0 amide bonds. The third-order valence-corrected chi connectivity index (χ3v) is 9.18. The maximum atomic E-state index is 13.2. The zero-order valence-electron chi connectivity index (χ0n) is 26.8. The first-order valence-corrected chi connectivity index (χ1v) is 16.4. The number of carbonyl (C=O) groups excluding carboxylic acids is 1. The highest BCUT2D eigenvalue weighted by Gasteiger charge is 2.26. The van der Waals surface area contributed by atoms with E-state index >= 15 is 0 Å². The number of hydrogen-bond donors (Lipinski definition) is 1. The summed E-state index contributed by atoms with van der Waals surface area (Å²) in [4.78, 5) is 20.9. The smallest absolute Gasteiger partial charge is 0.310 e. The van der Waals surface area contributed by atoms with Crippen molar-refractivity contribution < 1.29 is 19.0 Å². The molecule has 0 spiro atoms. The van der Waals surface area contributed by atoms with E-state index in [-0.39, 0.29) is 18.5 Å². The van der Waals surface area contributed by atoms with Crippen LogP contribution in [-0.4, -0.2) is 61.9 Å². The van der Waals surface area contributed by atoms with E-state index in [1.807, 2.05) is 20.8 Å². The van der Waals surface area contributed by atoms with Gasteiger partial charge in [0.15, 0.2) is 0 Å². The molecule has 7 nitrogen and oxygen atoms in total. The Balaban J connectivity index is 1.52. The molecule has 0 atom stereocenters. The van der Waals surface area contributed by atoms with E-state index < -0.39 is 0 Å². The maximum Gasteiger partial charge on any atom is 0.310 e. The molecule has 44 heavy (non-hydrogen) atoms. The SMILES string of the molecule is Cc1nc(CN(C)CC2CCOCC2)c(-c2ccc3c(c2)CCNC3)c(-c2ccc3c(c2)CCCO3)c1CC(=O)OC(C)C. The standard InChI is InChI=1S/C37H47N3O4/c1-24(2)44-35(41)20-32-25(3)39-33(23-40(4)22-26-12-16-42-17-13-26)37(30-7-8-31-21-38-14-11-27(31)18-30)36(32)29-9-10-34-28(19-29)6-5-15-43-34/h7-10,18-19,24,26,38H,5-6,11-17,20-23H2,1-4H3. The number of esters is 1. The second-order valence-electron chi connectivity index (χ2n) is 13.0. The number of nitrogens with zero attached hydrogens (tertiary/aromatic N) is 2. The molecule has 0 aliphatic carbocycles. The monoisotopic (exact) mass is 597 g/mol. The molecule has 1 aromatic heterocycles. The number of hydrogen-bond acceptors (Lipinski definition) is 7. The number of fused-ring (bicyclic) bond motifs is 2. The minimum atomic E-state index is -0.223. The zero-order valence-corrected chi connectivity index (χ0v) is 26.8. The van der Waals surface area contributed by atoms with Gasteiger partial charge in [0.25, 0.3) is 0 Å². The predicted octanol–water partition coefficient (Wildman–Crippen LogP) is 6.05. The highest BCUT2D eigenvalue weighted by Crippen LogP contribution is 2.42. The molecule has 1 saturated heterocycles. The number of ether oxygens (including phenoxy) is 3. The highest BCUT2D eigenvalue weighted by molar-refractivity contribution is 5.90. The summed E-state index contributed by atoms with van der Waals surface area (Å²) in [5, 5.41) is 3.51. The fraction of sp³-hybridized carbons (Fsp3) is 0.514. The second-order valence-corrected chi connectivity index (χ2v) is 13.0. The summed E-state index contributed by atoms with van der Waals surface area (Å²) < 4.78 is 17.3. The second kappa shape index (κ2) is 13.8. The molecule has 1 fully saturated rings. The van der Waals surface area contributed by atoms with Crippen molar-refractivity contribution >= 4 is 5.97 Å². The third kappa shape index (κ3) is 7.01. The average Bonchev–Trinajstić information content (AvgIpc) is 3.01. The summed E-state index contributed by atoms with van der Waals surface area (Å²) in [6, 6.07) is 13.4. The summed E-state index contributed by atoms with van der Waals surface area (Å²) in [6.07, 6.45) is 5.20. The zero-order chi connectivity index (χ0) is 30.6. The van der Waals surface area contributed by atoms with Crippen molar-refractivity contribution in [2.75, 3.05) is 40.0 Å². The van der Waals surface area contributed by atoms with Gasteiger partial charge in [0.05, 0.1) is 24.8 Å². The molecule has 4 heterocycles. The van der Waals surface area contributed by atoms with Gasteiger partial charge in [-0.3, -0.25) is 9.78 Å². The van der Waals surface area contributed by atoms with E-state index in [1.165, 1.54) is 16.7 Å². The molecule has 234 valence electrons. The number of carbonyl (C=O) groups is 1. The Hall–Kier alpha value is -3.26. The number of rotatable bonds is 9. The Bertz CT molecular complexity index is 1490. The molecule has 6 rings (SSSR count). The molecular formula is C37H47N3O4. The van der Waals surface area contributed by atoms with Gasteiger partial charge in [-0.1, -0.05) is 24.3 Å². The van der Waals surface area contributed by atoms with Crippen molar-refractivity contribution in [3.63, 3.8) is 0 Å². The van der Waals surface area contributed by atoms with Gasteiger partial charge in [0, 0.05) is 44.1 Å². The Morgan fingerprint density at radius 3 is 2.61 bits per heavy atom. The van der Waals surface area contributed by atoms with E-state index in [1.54, 1.807) is 0 Å². The lowest BCUT2D eigenvalue weighted by molar-refractivity contribution is -0.146. The van der Waals surface area contributed by atoms with Gasteiger partial charge in [0.1, 0.15) is 5.75 Å². The first-order valence-electron chi connectivity index (χ1n) is 16.4. The summed E-state index contributed by atoms with van der Waals surface area (Å²) in [6.45, 7) is 11.9. The summed E-state index contributed by atoms with van der Waals surface area (Å²) in [7, 11) is 2.21. The highest BCUT2D eigenvalue weighted by atomic mass is 16.5. The number of aromatic nitrogens is 1. The quantitative estimate of drug-likeness (QED) is 0.301. The van der Waals surface area contributed by atoms with Gasteiger partial charge in [-0.15, -0.1) is 0 Å². The number of benzene rings is 2. The molecule has 0 radical (unpaired) electrons. The number of aryl methyl sites for hydroxylation is 2. The topological polar surface area (TPSA) is 72.9 Å². The lowest BCUT2D eigenvalue weighted by Gasteiger charge is -2.29. The van der Waals surface area contributed by atoms with Crippen LogP contribution in [0.25, 0.3) is 22.3 Å². The fourth-order valence-corrected chi connectivity index (χ4v) is 7.05. The maximum absolute atomic E-state index is 13.2. The minimum absolute atomic E-state index is 0.174. The van der Waals surface area contributed by atoms with E-state index in [9.17, 15) is 4.79 Å². The molecule has 0 unspecified atom stereocenters. The van der Waals surface area contributed by atoms with Gasteiger partial charge in [-0.25, -0.2) is 0 Å². The minimum Gasteiger partial charge on any atom is -0.493 e. The molecule has 3 aromatic rings. The van der Waals surface area contributed by atoms with Crippen molar-refractivity contribution in [3.05, 3.63) is 70.0 Å². The third-order valence-electron chi connectivity index (χ3n) is 9.18. The van der Waals surface area contributed by atoms with Crippen LogP contribution in [0.2, 0.25) is 0 Å². The molecule has 2 aromatic carbocycles. The van der Waals surface area contributed by atoms with Crippen LogP contribution in [0, 0.1) is 12.8 Å². The number of pyridine rings is 1. The van der Waals surface area contributed by atoms with Gasteiger partial charge >= 0.3 is 5.97 Å². The summed E-state index contributed by atoms with van der Waals surface area (Å²) in [5.74, 6) is 1.37. The lowest BCUT2D eigenvalue weighted by atomic mass is 9.85. The van der Waals surface area contributed by atoms with Crippen molar-refractivity contribution in [1.82, 2.24) is 15.2 Å². The Labute approximate surface area is 262 Å². The first-order chi connectivity index (χ1) is 21.4. The van der Waals surface area contributed by atoms with Crippen LogP contribution < -0.4 is 10.1 Å². The molecule has 7 heteroatoms. The van der Waals surface area contributed by atoms with E-state index in [0.717, 1.165) is 123 Å². The van der Waals surface area contributed by atoms with Crippen LogP contribution in [0.1, 0.15) is 66.8 Å². The van der Waals surface area contributed by atoms with Crippen molar-refractivity contribution in [3.8, 4) is 28.0 Å². The van der Waals surface area contributed by atoms with Gasteiger partial charge in [0.2, 0.25) is 0 Å². The lowest BCUT2D eigenvalue weighted by Crippen LogP contribution is -2.30. The van der Waals surface area contributed by atoms with Gasteiger partial charge in [-0.05, 0) is 123 Å². The van der Waals surface area contributed by atoms with Crippen LogP contribution in [-0.2, 0) is 46.6 Å². The van der Waals surface area contributed by atoms with E-state index in [4.69, 9.17) is 19.2 Å². The summed E-state index contributed by atoms with van der Waals surface area (Å²) >= 11 is 0. The van der Waals surface area contributed by atoms with Crippen LogP contribution in [0.15, 0.2) is 36.4 Å². The first kappa shape index (κ1) is 30.8. The van der Waals surface area contributed by atoms with Gasteiger partial charge < -0.3 is 24.4 Å². The van der Waals surface area contributed by atoms with E-state index in [2.05, 4.69) is 53.7 Å². The molecule has 0 bridgehead atoms. The average molecular weight is 598 g/mol. The molecule has 1 N–H and O–H groups in total. The van der Waals surface area contributed by atoms with E-state index in [0.29, 0.717) is 5.92 Å². The Morgan fingerprint density at radius 1 is 1.02 bits per heavy atom. The normalized spacial score (nSPS) is 16.9. The molecule has 3 aliphatic rings. The van der Waals surface area contributed by atoms with Crippen LogP contribution in [0.3, 0.4) is 0 Å². The molecule has 0 saturated carbocycles. The van der Waals surface area contributed by atoms with Crippen molar-refractivity contribution in [1.29, 1.82) is 0 Å². The Kier molecular flexibility index (Phi) is 9.65. The van der Waals surface area contributed by atoms with Gasteiger partial charge in [-0.2, -0.15) is 0 Å². The largest absolute Gasteiger partial charge is 0.493 e. The number of nitrogens with one attached hydrogen (secondary N) is 1. The predicted molar refractivity (Wildman–Crippen MR) is 174 cm³/mol. The van der Waals surface area contributed by atoms with Crippen molar-refractivity contribution in [2.24, 2.45) is 5.92 Å². The Morgan fingerprint density at radius 2 is 1.80 bits per heavy atom. The van der Waals surface area contributed by atoms with Crippen LogP contribution >= 0.6 is 0 Å². The fourth-order valence-electron chi connectivity index (χ4n) is 7.05. The summed E-state index contributed by atoms with van der Waals surface area (Å²) in [5.41, 5.74) is 11.3. The van der Waals surface area contributed by atoms with Crippen LogP contribution in [0.4, 0.5) is 0 Å². The molecular weight excluding hydrogens is 550 g/mol. The molecule has 3 aliphatic heterocycles.